The average Bonchev–Trinajstić information content (AvgIpc) is 2.91. The molecule has 2 heterocycles. The largest absolute Gasteiger partial charge is 0.472 e. The van der Waals surface area contributed by atoms with Gasteiger partial charge in [-0.15, -0.1) is 0 Å². The van der Waals surface area contributed by atoms with Crippen molar-refractivity contribution in [3.63, 3.8) is 0 Å². The second kappa shape index (κ2) is 14.3. The van der Waals surface area contributed by atoms with E-state index in [9.17, 15) is 9.59 Å². The predicted molar refractivity (Wildman–Crippen MR) is 139 cm³/mol. The maximum absolute atomic E-state index is 12.7. The molecule has 0 aliphatic carbocycles. The number of carbonyl (C=O) groups excluding carboxylic acids is 2. The van der Waals surface area contributed by atoms with Crippen molar-refractivity contribution in [2.45, 2.75) is 31.3 Å². The van der Waals surface area contributed by atoms with Gasteiger partial charge in [0.2, 0.25) is 5.88 Å². The van der Waals surface area contributed by atoms with Gasteiger partial charge in [-0.1, -0.05) is 53.2 Å². The van der Waals surface area contributed by atoms with Gasteiger partial charge in [-0.25, -0.2) is 4.98 Å². The number of aromatic nitrogens is 2. The van der Waals surface area contributed by atoms with Gasteiger partial charge in [0.15, 0.2) is 0 Å². The van der Waals surface area contributed by atoms with Crippen molar-refractivity contribution >= 4 is 27.8 Å². The van der Waals surface area contributed by atoms with E-state index in [0.29, 0.717) is 25.1 Å². The number of carbonyl (C=O) groups is 2. The van der Waals surface area contributed by atoms with Crippen LogP contribution in [0.5, 0.6) is 5.88 Å². The number of esters is 1. The van der Waals surface area contributed by atoms with Crippen molar-refractivity contribution in [2.24, 2.45) is 5.92 Å². The number of halogens is 1. The lowest BCUT2D eigenvalue weighted by Crippen LogP contribution is -2.23. The van der Waals surface area contributed by atoms with Gasteiger partial charge in [-0.2, -0.15) is 0 Å². The van der Waals surface area contributed by atoms with Gasteiger partial charge < -0.3 is 19.5 Å². The summed E-state index contributed by atoms with van der Waals surface area (Å²) in [6, 6.07) is 15.0. The first-order valence-corrected chi connectivity index (χ1v) is 12.5. The monoisotopic (exact) mass is 555 g/mol. The summed E-state index contributed by atoms with van der Waals surface area (Å²) in [5, 5.41) is 2.87. The Morgan fingerprint density at radius 3 is 2.53 bits per heavy atom. The molecule has 3 rings (SSSR count). The van der Waals surface area contributed by atoms with Crippen LogP contribution in [0.15, 0.2) is 67.1 Å². The molecule has 2 atom stereocenters. The molecule has 0 saturated carbocycles. The Labute approximate surface area is 219 Å². The van der Waals surface area contributed by atoms with Gasteiger partial charge in [0, 0.05) is 37.1 Å². The summed E-state index contributed by atoms with van der Waals surface area (Å²) in [4.78, 5) is 33.1. The van der Waals surface area contributed by atoms with Crippen molar-refractivity contribution in [1.82, 2.24) is 15.3 Å². The van der Waals surface area contributed by atoms with E-state index >= 15 is 0 Å². The normalized spacial score (nSPS) is 12.4. The van der Waals surface area contributed by atoms with Crippen molar-refractivity contribution in [1.29, 1.82) is 0 Å². The maximum atomic E-state index is 12.7. The number of rotatable bonds is 13. The number of ether oxygens (including phenoxy) is 3. The van der Waals surface area contributed by atoms with Crippen LogP contribution < -0.4 is 10.1 Å². The van der Waals surface area contributed by atoms with E-state index in [1.165, 1.54) is 0 Å². The lowest BCUT2D eigenvalue weighted by atomic mass is 10.0. The molecule has 9 heteroatoms. The highest BCUT2D eigenvalue weighted by Crippen LogP contribution is 2.30. The standard InChI is InChI=1S/C27H30BrN3O5/c1-19(27(33)35-14-13-34-2)15-24(28)22-9-7-20(8-10-22)18-36-26-23(6-4-12-30-26)25(32)31-17-21-5-3-11-29-16-21/h3-12,16,19,24H,13-15,17-18H2,1-2H3,(H,31,32). The molecule has 3 aromatic rings. The number of pyridine rings is 2. The highest BCUT2D eigenvalue weighted by Gasteiger charge is 2.20. The molecule has 1 N–H and O–H groups in total. The number of hydrogen-bond donors (Lipinski definition) is 1. The van der Waals surface area contributed by atoms with Gasteiger partial charge in [0.05, 0.1) is 12.5 Å². The first kappa shape index (κ1) is 27.3. The van der Waals surface area contributed by atoms with Crippen LogP contribution in [0.4, 0.5) is 0 Å². The quantitative estimate of drug-likeness (QED) is 0.186. The second-order valence-electron chi connectivity index (χ2n) is 8.19. The molecular formula is C27H30BrN3O5. The molecule has 1 aromatic carbocycles. The predicted octanol–water partition coefficient (Wildman–Crippen LogP) is 4.64. The fraction of sp³-hybridized carbons (Fsp3) is 0.333. The Morgan fingerprint density at radius 2 is 1.81 bits per heavy atom. The third-order valence-electron chi connectivity index (χ3n) is 5.40. The van der Waals surface area contributed by atoms with Crippen LogP contribution in [0.1, 0.15) is 45.2 Å². The summed E-state index contributed by atoms with van der Waals surface area (Å²) >= 11 is 3.67. The van der Waals surface area contributed by atoms with Crippen LogP contribution >= 0.6 is 15.9 Å². The molecule has 2 aromatic heterocycles. The maximum Gasteiger partial charge on any atom is 0.308 e. The Morgan fingerprint density at radius 1 is 1.03 bits per heavy atom. The Bertz CT molecular complexity index is 1110. The van der Waals surface area contributed by atoms with Crippen molar-refractivity contribution in [2.75, 3.05) is 20.3 Å². The molecule has 8 nitrogen and oxygen atoms in total. The van der Waals surface area contributed by atoms with Crippen LogP contribution in [-0.2, 0) is 27.4 Å². The van der Waals surface area contributed by atoms with Crippen LogP contribution in [0.25, 0.3) is 0 Å². The zero-order valence-corrected chi connectivity index (χ0v) is 21.9. The average molecular weight is 556 g/mol. The Kier molecular flexibility index (Phi) is 10.8. The SMILES string of the molecule is COCCOC(=O)C(C)CC(Br)c1ccc(COc2ncccc2C(=O)NCc2cccnc2)cc1. The fourth-order valence-electron chi connectivity index (χ4n) is 3.34. The molecule has 0 radical (unpaired) electrons. The molecular weight excluding hydrogens is 526 g/mol. The van der Waals surface area contributed by atoms with Crippen molar-refractivity contribution < 1.29 is 23.8 Å². The molecule has 0 saturated heterocycles. The molecule has 0 bridgehead atoms. The summed E-state index contributed by atoms with van der Waals surface area (Å²) in [7, 11) is 1.57. The minimum atomic E-state index is -0.269. The van der Waals surface area contributed by atoms with E-state index in [1.807, 2.05) is 43.3 Å². The van der Waals surface area contributed by atoms with E-state index in [4.69, 9.17) is 14.2 Å². The van der Waals surface area contributed by atoms with Crippen LogP contribution in [0, 0.1) is 5.92 Å². The first-order chi connectivity index (χ1) is 17.5. The van der Waals surface area contributed by atoms with E-state index in [0.717, 1.165) is 16.7 Å². The number of benzene rings is 1. The zero-order chi connectivity index (χ0) is 25.8. The number of nitrogens with one attached hydrogen (secondary N) is 1. The van der Waals surface area contributed by atoms with Crippen molar-refractivity contribution in [3.05, 3.63) is 89.4 Å². The zero-order valence-electron chi connectivity index (χ0n) is 20.4. The fourth-order valence-corrected chi connectivity index (χ4v) is 4.21. The summed E-state index contributed by atoms with van der Waals surface area (Å²) in [5.74, 6) is -0.489. The topological polar surface area (TPSA) is 99.6 Å². The number of nitrogens with zero attached hydrogens (tertiary/aromatic N) is 2. The molecule has 190 valence electrons. The molecule has 0 fully saturated rings. The number of amides is 1. The highest BCUT2D eigenvalue weighted by atomic mass is 79.9. The molecule has 1 amide bonds. The smallest absolute Gasteiger partial charge is 0.308 e. The van der Waals surface area contributed by atoms with Crippen molar-refractivity contribution in [3.8, 4) is 5.88 Å². The Hall–Kier alpha value is -3.30. The summed E-state index contributed by atoms with van der Waals surface area (Å²) in [6.07, 6.45) is 5.59. The minimum absolute atomic E-state index is 0.00310. The van der Waals surface area contributed by atoms with Crippen LogP contribution in [-0.4, -0.2) is 42.2 Å². The van der Waals surface area contributed by atoms with Gasteiger partial charge >= 0.3 is 5.97 Å². The molecule has 0 aliphatic heterocycles. The minimum Gasteiger partial charge on any atom is -0.472 e. The lowest BCUT2D eigenvalue weighted by Gasteiger charge is -2.16. The van der Waals surface area contributed by atoms with E-state index in [1.54, 1.807) is 37.8 Å². The highest BCUT2D eigenvalue weighted by molar-refractivity contribution is 9.09. The molecule has 0 aliphatic rings. The third kappa shape index (κ3) is 8.42. The van der Waals surface area contributed by atoms with Gasteiger partial charge in [0.25, 0.3) is 5.91 Å². The summed E-state index contributed by atoms with van der Waals surface area (Å²) in [5.41, 5.74) is 3.24. The molecule has 0 spiro atoms. The number of methoxy groups -OCH3 is 1. The number of alkyl halides is 1. The molecule has 36 heavy (non-hydrogen) atoms. The van der Waals surface area contributed by atoms with E-state index in [-0.39, 0.29) is 41.7 Å². The van der Waals surface area contributed by atoms with Gasteiger partial charge in [0.1, 0.15) is 18.8 Å². The first-order valence-electron chi connectivity index (χ1n) is 11.6. The Balaban J connectivity index is 1.52. The van der Waals surface area contributed by atoms with E-state index < -0.39 is 0 Å². The van der Waals surface area contributed by atoms with E-state index in [2.05, 4.69) is 31.2 Å². The second-order valence-corrected chi connectivity index (χ2v) is 9.30. The summed E-state index contributed by atoms with van der Waals surface area (Å²) < 4.78 is 16.0. The van der Waals surface area contributed by atoms with Crippen LogP contribution in [0.3, 0.4) is 0 Å². The lowest BCUT2D eigenvalue weighted by molar-refractivity contribution is -0.149. The van der Waals surface area contributed by atoms with Gasteiger partial charge in [-0.3, -0.25) is 14.6 Å². The van der Waals surface area contributed by atoms with Gasteiger partial charge in [-0.05, 0) is 41.3 Å². The third-order valence-corrected chi connectivity index (χ3v) is 6.31. The molecule has 2 unspecified atom stereocenters. The van der Waals surface area contributed by atoms with Crippen LogP contribution in [0.2, 0.25) is 0 Å². The summed E-state index contributed by atoms with van der Waals surface area (Å²) in [6.45, 7) is 3.11. The number of hydrogen-bond acceptors (Lipinski definition) is 7.